The first-order chi connectivity index (χ1) is 13.0. The fourth-order valence-electron chi connectivity index (χ4n) is 3.14. The van der Waals surface area contributed by atoms with Gasteiger partial charge in [-0.3, -0.25) is 20.4 Å². The number of carbonyl (C=O) groups is 2. The molecule has 1 heterocycles. The molecule has 2 aromatic rings. The maximum atomic E-state index is 12.2. The van der Waals surface area contributed by atoms with Crippen molar-refractivity contribution in [2.75, 3.05) is 0 Å². The number of amides is 2. The second kappa shape index (κ2) is 8.99. The Morgan fingerprint density at radius 1 is 1.04 bits per heavy atom. The smallest absolute Gasteiger partial charge is 0.269 e. The lowest BCUT2D eigenvalue weighted by Crippen LogP contribution is -2.44. The Bertz CT molecular complexity index is 797. The van der Waals surface area contributed by atoms with Crippen LogP contribution in [0.3, 0.4) is 0 Å². The predicted octanol–water partition coefficient (Wildman–Crippen LogP) is 3.34. The number of rotatable bonds is 5. The van der Waals surface area contributed by atoms with Gasteiger partial charge >= 0.3 is 0 Å². The van der Waals surface area contributed by atoms with Gasteiger partial charge in [-0.05, 0) is 50.5 Å². The van der Waals surface area contributed by atoms with E-state index in [0.29, 0.717) is 5.56 Å². The van der Waals surface area contributed by atoms with Gasteiger partial charge in [0.2, 0.25) is 5.91 Å². The maximum Gasteiger partial charge on any atom is 0.269 e. The summed E-state index contributed by atoms with van der Waals surface area (Å²) in [5, 5.41) is 0.754. The normalized spacial score (nSPS) is 14.1. The standard InChI is InChI=1S/C20H24N4O2S/c1-13-11-14(2)22-20(21-13)27-12-15-7-9-17(10-8-15)19(26)24-23-18(25)16-5-3-4-6-16/h7-11,16H,3-6,12H2,1-2H3,(H,23,25)(H,24,26). The quantitative estimate of drug-likeness (QED) is 0.469. The van der Waals surface area contributed by atoms with Crippen LogP contribution in [0.25, 0.3) is 0 Å². The number of hydrogen-bond acceptors (Lipinski definition) is 5. The number of carbonyl (C=O) groups excluding carboxylic acids is 2. The van der Waals surface area contributed by atoms with Gasteiger partial charge < -0.3 is 0 Å². The van der Waals surface area contributed by atoms with Gasteiger partial charge in [0.05, 0.1) is 0 Å². The first kappa shape index (κ1) is 19.4. The van der Waals surface area contributed by atoms with Gasteiger partial charge in [-0.15, -0.1) is 0 Å². The summed E-state index contributed by atoms with van der Waals surface area (Å²) in [7, 11) is 0. The van der Waals surface area contributed by atoms with Crippen LogP contribution >= 0.6 is 11.8 Å². The number of hydrazine groups is 1. The summed E-state index contributed by atoms with van der Waals surface area (Å²) in [6.07, 6.45) is 3.97. The molecule has 2 N–H and O–H groups in total. The lowest BCUT2D eigenvalue weighted by atomic mass is 10.1. The molecule has 0 unspecified atom stereocenters. The Balaban J connectivity index is 1.50. The summed E-state index contributed by atoms with van der Waals surface area (Å²) in [5.41, 5.74) is 8.54. The Morgan fingerprint density at radius 3 is 2.30 bits per heavy atom. The van der Waals surface area contributed by atoms with Crippen molar-refractivity contribution < 1.29 is 9.59 Å². The number of aryl methyl sites for hydroxylation is 2. The largest absolute Gasteiger partial charge is 0.273 e. The molecule has 1 saturated carbocycles. The van der Waals surface area contributed by atoms with Gasteiger partial charge in [0, 0.05) is 28.6 Å². The Labute approximate surface area is 163 Å². The average molecular weight is 385 g/mol. The van der Waals surface area contributed by atoms with Crippen molar-refractivity contribution in [1.82, 2.24) is 20.8 Å². The molecule has 1 aliphatic rings. The van der Waals surface area contributed by atoms with Crippen LogP contribution in [0.5, 0.6) is 0 Å². The zero-order chi connectivity index (χ0) is 19.2. The number of aromatic nitrogens is 2. The topological polar surface area (TPSA) is 84.0 Å². The summed E-state index contributed by atoms with van der Waals surface area (Å²) in [4.78, 5) is 33.0. The summed E-state index contributed by atoms with van der Waals surface area (Å²) in [5.74, 6) is 0.348. The van der Waals surface area contributed by atoms with Crippen molar-refractivity contribution in [3.05, 3.63) is 52.8 Å². The first-order valence-electron chi connectivity index (χ1n) is 9.15. The molecule has 0 radical (unpaired) electrons. The third kappa shape index (κ3) is 5.53. The third-order valence-electron chi connectivity index (χ3n) is 4.57. The molecule has 6 nitrogen and oxygen atoms in total. The van der Waals surface area contributed by atoms with E-state index >= 15 is 0 Å². The van der Waals surface area contributed by atoms with Gasteiger partial charge in [0.25, 0.3) is 5.91 Å². The van der Waals surface area contributed by atoms with Gasteiger partial charge in [-0.1, -0.05) is 36.7 Å². The highest BCUT2D eigenvalue weighted by molar-refractivity contribution is 7.98. The van der Waals surface area contributed by atoms with E-state index in [9.17, 15) is 9.59 Å². The molecule has 0 spiro atoms. The van der Waals surface area contributed by atoms with Crippen LogP contribution in [-0.4, -0.2) is 21.8 Å². The zero-order valence-corrected chi connectivity index (χ0v) is 16.4. The average Bonchev–Trinajstić information content (AvgIpc) is 3.19. The lowest BCUT2D eigenvalue weighted by Gasteiger charge is -2.11. The van der Waals surface area contributed by atoms with Gasteiger partial charge in [-0.2, -0.15) is 0 Å². The fraction of sp³-hybridized carbons (Fsp3) is 0.400. The molecule has 1 fully saturated rings. The van der Waals surface area contributed by atoms with Crippen molar-refractivity contribution >= 4 is 23.6 Å². The summed E-state index contributed by atoms with van der Waals surface area (Å²) >= 11 is 1.56. The van der Waals surface area contributed by atoms with E-state index in [1.807, 2.05) is 32.0 Å². The van der Waals surface area contributed by atoms with Crippen LogP contribution < -0.4 is 10.9 Å². The number of nitrogens with one attached hydrogen (secondary N) is 2. The third-order valence-corrected chi connectivity index (χ3v) is 5.49. The van der Waals surface area contributed by atoms with E-state index < -0.39 is 0 Å². The molecule has 27 heavy (non-hydrogen) atoms. The molecular formula is C20H24N4O2S. The van der Waals surface area contributed by atoms with Crippen molar-refractivity contribution in [2.24, 2.45) is 5.92 Å². The molecule has 0 bridgehead atoms. The van der Waals surface area contributed by atoms with E-state index in [1.54, 1.807) is 23.9 Å². The minimum absolute atomic E-state index is 0.0252. The predicted molar refractivity (Wildman–Crippen MR) is 105 cm³/mol. The summed E-state index contributed by atoms with van der Waals surface area (Å²) < 4.78 is 0. The fourth-order valence-corrected chi connectivity index (χ4v) is 4.04. The maximum absolute atomic E-state index is 12.2. The van der Waals surface area contributed by atoms with Crippen molar-refractivity contribution in [3.8, 4) is 0 Å². The van der Waals surface area contributed by atoms with Crippen LogP contribution in [0.2, 0.25) is 0 Å². The molecule has 0 atom stereocenters. The summed E-state index contributed by atoms with van der Waals surface area (Å²) in [6.45, 7) is 3.91. The van der Waals surface area contributed by atoms with Crippen LogP contribution in [0.4, 0.5) is 0 Å². The molecule has 1 aliphatic carbocycles. The van der Waals surface area contributed by atoms with Crippen molar-refractivity contribution in [2.45, 2.75) is 50.4 Å². The molecule has 2 amide bonds. The van der Waals surface area contributed by atoms with Crippen LogP contribution in [-0.2, 0) is 10.5 Å². The number of thioether (sulfide) groups is 1. The number of benzene rings is 1. The van der Waals surface area contributed by atoms with Gasteiger partial charge in [-0.25, -0.2) is 9.97 Å². The van der Waals surface area contributed by atoms with Gasteiger partial charge in [0.15, 0.2) is 5.16 Å². The molecule has 0 aliphatic heterocycles. The first-order valence-corrected chi connectivity index (χ1v) is 10.1. The minimum atomic E-state index is -0.307. The highest BCUT2D eigenvalue weighted by Gasteiger charge is 2.22. The van der Waals surface area contributed by atoms with Crippen molar-refractivity contribution in [1.29, 1.82) is 0 Å². The molecule has 1 aromatic heterocycles. The monoisotopic (exact) mass is 384 g/mol. The van der Waals surface area contributed by atoms with E-state index in [2.05, 4.69) is 20.8 Å². The molecular weight excluding hydrogens is 360 g/mol. The Morgan fingerprint density at radius 2 is 1.67 bits per heavy atom. The highest BCUT2D eigenvalue weighted by atomic mass is 32.2. The number of nitrogens with zero attached hydrogens (tertiary/aromatic N) is 2. The molecule has 0 saturated heterocycles. The van der Waals surface area contributed by atoms with E-state index in [-0.39, 0.29) is 17.7 Å². The molecule has 142 valence electrons. The molecule has 7 heteroatoms. The molecule has 1 aromatic carbocycles. The lowest BCUT2D eigenvalue weighted by molar-refractivity contribution is -0.125. The zero-order valence-electron chi connectivity index (χ0n) is 15.6. The summed E-state index contributed by atoms with van der Waals surface area (Å²) in [6, 6.07) is 9.28. The Hall–Kier alpha value is -2.41. The Kier molecular flexibility index (Phi) is 6.45. The highest BCUT2D eigenvalue weighted by Crippen LogP contribution is 2.24. The second-order valence-electron chi connectivity index (χ2n) is 6.84. The van der Waals surface area contributed by atoms with Gasteiger partial charge in [0.1, 0.15) is 0 Å². The number of hydrogen-bond donors (Lipinski definition) is 2. The van der Waals surface area contributed by atoms with Crippen molar-refractivity contribution in [3.63, 3.8) is 0 Å². The molecule has 3 rings (SSSR count). The second-order valence-corrected chi connectivity index (χ2v) is 7.79. The van der Waals surface area contributed by atoms with E-state index in [1.165, 1.54) is 0 Å². The van der Waals surface area contributed by atoms with Crippen LogP contribution in [0.15, 0.2) is 35.5 Å². The van der Waals surface area contributed by atoms with Crippen LogP contribution in [0, 0.1) is 19.8 Å². The minimum Gasteiger partial charge on any atom is -0.273 e. The van der Waals surface area contributed by atoms with E-state index in [4.69, 9.17) is 0 Å². The SMILES string of the molecule is Cc1cc(C)nc(SCc2ccc(C(=O)NNC(=O)C3CCCC3)cc2)n1. The van der Waals surface area contributed by atoms with E-state index in [0.717, 1.165) is 53.5 Å². The van der Waals surface area contributed by atoms with Crippen LogP contribution in [0.1, 0.15) is 53.0 Å².